The van der Waals surface area contributed by atoms with Crippen LogP contribution in [0.1, 0.15) is 10.4 Å². The molecule has 1 aromatic heterocycles. The van der Waals surface area contributed by atoms with Crippen LogP contribution in [0.15, 0.2) is 47.5 Å². The molecule has 24 heteroatoms. The van der Waals surface area contributed by atoms with Crippen molar-refractivity contribution in [3.05, 3.63) is 54.5 Å². The zero-order chi connectivity index (χ0) is 31.3. The number of hydrogen-bond donors (Lipinski definition) is 6. The van der Waals surface area contributed by atoms with Gasteiger partial charge in [-0.2, -0.15) is 9.56 Å². The summed E-state index contributed by atoms with van der Waals surface area (Å²) in [4.78, 5) is 67.4. The minimum absolute atomic E-state index is 0.0161. The smallest absolute Gasteiger partial charge is 0.304 e. The van der Waals surface area contributed by atoms with Crippen molar-refractivity contribution in [2.24, 2.45) is 16.6 Å². The number of nitrogens with two attached hydrogens (primary N) is 2. The molecule has 8 N–H and O–H groups in total. The number of anilines is 1. The molecule has 3 heterocycles. The zero-order valence-corrected chi connectivity index (χ0v) is 23.3. The molecule has 0 aliphatic carbocycles. The Kier molecular flexibility index (Phi) is 10.8. The number of aliphatic hydroxyl groups excluding tert-OH is 1. The SMILES string of the molecule is C=C1N=C(N)C(C#CCNC(=O)c2ccc(NN)nc2)=CN1C1[CH]C(O)C(OOP(=O)([O-])OP(=O)([O-])OP(=O)([O-])O)O1. The molecule has 1 radical (unpaired) electrons. The lowest BCUT2D eigenvalue weighted by Crippen LogP contribution is -2.35. The van der Waals surface area contributed by atoms with Crippen LogP contribution in [0.4, 0.5) is 5.82 Å². The average Bonchev–Trinajstić information content (AvgIpc) is 3.24. The summed E-state index contributed by atoms with van der Waals surface area (Å²) in [6, 6.07) is 2.98. The van der Waals surface area contributed by atoms with Crippen LogP contribution < -0.4 is 37.0 Å². The highest BCUT2D eigenvalue weighted by Crippen LogP contribution is 2.61. The van der Waals surface area contributed by atoms with Gasteiger partial charge in [0.2, 0.25) is 6.29 Å². The second kappa shape index (κ2) is 13.5. The third-order valence-corrected chi connectivity index (χ3v) is 8.14. The van der Waals surface area contributed by atoms with Gasteiger partial charge in [-0.05, 0) is 12.1 Å². The Morgan fingerprint density at radius 3 is 2.57 bits per heavy atom. The van der Waals surface area contributed by atoms with Crippen molar-refractivity contribution in [2.45, 2.75) is 18.6 Å². The Balaban J connectivity index is 1.59. The van der Waals surface area contributed by atoms with Gasteiger partial charge in [0.1, 0.15) is 29.8 Å². The van der Waals surface area contributed by atoms with E-state index in [9.17, 15) is 38.3 Å². The highest BCUT2D eigenvalue weighted by molar-refractivity contribution is 7.65. The first-order chi connectivity index (χ1) is 19.5. The van der Waals surface area contributed by atoms with Crippen LogP contribution in [0.25, 0.3) is 0 Å². The maximum Gasteiger partial charge on any atom is 0.304 e. The van der Waals surface area contributed by atoms with Crippen molar-refractivity contribution < 1.29 is 66.1 Å². The standard InChI is InChI=1S/C18H23N7O14P3/c1-10-23-16(19)12(3-2-6-21-17(27)11-4-5-14(24-20)22-8-11)9-25(10)15-7-13(26)18(35-15)36-37-41(31,32)39-42(33,34)38-40(28,29)30/h4-5,7-9,13,15,18,26H,1,6,20H2,(H2,19,23)(H,21,27)(H,22,24)(H,31,32)(H,33,34)(H2,28,29,30)/p-3. The number of aliphatic hydroxyl groups is 1. The average molecular weight is 651 g/mol. The van der Waals surface area contributed by atoms with Crippen LogP contribution in [0, 0.1) is 18.3 Å². The maximum absolute atomic E-state index is 12.2. The van der Waals surface area contributed by atoms with Crippen molar-refractivity contribution in [1.29, 1.82) is 0 Å². The molecule has 0 saturated carbocycles. The molecule has 1 amide bonds. The monoisotopic (exact) mass is 651 g/mol. The number of nitrogen functional groups attached to an aromatic ring is 1. The summed E-state index contributed by atoms with van der Waals surface area (Å²) in [7, 11) is -18.1. The van der Waals surface area contributed by atoms with Gasteiger partial charge in [-0.3, -0.25) is 18.5 Å². The van der Waals surface area contributed by atoms with Gasteiger partial charge in [0, 0.05) is 18.8 Å². The van der Waals surface area contributed by atoms with Crippen LogP contribution in [0.2, 0.25) is 0 Å². The summed E-state index contributed by atoms with van der Waals surface area (Å²) < 4.78 is 49.1. The normalized spacial score (nSPS) is 24.7. The molecule has 3 rings (SSSR count). The van der Waals surface area contributed by atoms with E-state index in [4.69, 9.17) is 21.2 Å². The maximum atomic E-state index is 12.2. The van der Waals surface area contributed by atoms with Crippen molar-refractivity contribution >= 4 is 41.0 Å². The van der Waals surface area contributed by atoms with Crippen molar-refractivity contribution in [1.82, 2.24) is 15.2 Å². The highest BCUT2D eigenvalue weighted by Gasteiger charge is 2.41. The molecule has 42 heavy (non-hydrogen) atoms. The fourth-order valence-electron chi connectivity index (χ4n) is 2.97. The minimum Gasteiger partial charge on any atom is -0.756 e. The topological polar surface area (TPSA) is 329 Å². The molecule has 2 aliphatic rings. The van der Waals surface area contributed by atoms with Gasteiger partial charge < -0.3 is 50.8 Å². The van der Waals surface area contributed by atoms with E-state index < -0.39 is 48.0 Å². The van der Waals surface area contributed by atoms with Crippen LogP contribution >= 0.6 is 23.5 Å². The molecular weight excluding hydrogens is 631 g/mol. The van der Waals surface area contributed by atoms with Crippen LogP contribution in [-0.4, -0.2) is 56.8 Å². The van der Waals surface area contributed by atoms with Gasteiger partial charge in [-0.1, -0.05) is 18.4 Å². The highest BCUT2D eigenvalue weighted by atomic mass is 31.3. The summed E-state index contributed by atoms with van der Waals surface area (Å²) in [6.07, 6.45) is -1.17. The van der Waals surface area contributed by atoms with Crippen LogP contribution in [0.3, 0.4) is 0 Å². The fourth-order valence-corrected chi connectivity index (χ4v) is 5.64. The number of amidine groups is 1. The van der Waals surface area contributed by atoms with Gasteiger partial charge in [0.05, 0.1) is 17.7 Å². The predicted octanol–water partition coefficient (Wildman–Crippen LogP) is -3.25. The molecule has 1 fully saturated rings. The van der Waals surface area contributed by atoms with Crippen molar-refractivity contribution in [3.8, 4) is 11.8 Å². The summed E-state index contributed by atoms with van der Waals surface area (Å²) in [5, 5.41) is 12.7. The third-order valence-electron chi connectivity index (χ3n) is 4.65. The Labute approximate surface area is 236 Å². The van der Waals surface area contributed by atoms with Crippen molar-refractivity contribution in [2.75, 3.05) is 12.0 Å². The first-order valence-electron chi connectivity index (χ1n) is 10.8. The number of phosphoric acid groups is 3. The number of aromatic nitrogens is 1. The number of ether oxygens (including phenoxy) is 1. The zero-order valence-electron chi connectivity index (χ0n) is 20.7. The Morgan fingerprint density at radius 1 is 1.24 bits per heavy atom. The summed E-state index contributed by atoms with van der Waals surface area (Å²) in [5.74, 6) is 10.4. The second-order valence-electron chi connectivity index (χ2n) is 7.70. The van der Waals surface area contributed by atoms with Gasteiger partial charge in [-0.25, -0.2) is 24.4 Å². The number of carbonyl (C=O) groups excluding carboxylic acids is 1. The number of carbonyl (C=O) groups is 1. The Morgan fingerprint density at radius 2 is 1.95 bits per heavy atom. The molecule has 0 bridgehead atoms. The van der Waals surface area contributed by atoms with Gasteiger partial charge in [0.15, 0.2) is 0 Å². The van der Waals surface area contributed by atoms with E-state index in [1.54, 1.807) is 0 Å². The lowest BCUT2D eigenvalue weighted by Gasteiger charge is -2.32. The minimum atomic E-state index is -6.17. The first kappa shape index (κ1) is 33.5. The molecule has 6 unspecified atom stereocenters. The van der Waals surface area contributed by atoms with Gasteiger partial charge in [-0.15, -0.1) is 0 Å². The molecule has 1 saturated heterocycles. The van der Waals surface area contributed by atoms with E-state index >= 15 is 0 Å². The number of aliphatic imine (C=N–C) groups is 1. The molecule has 1 aromatic rings. The molecule has 0 spiro atoms. The third kappa shape index (κ3) is 9.78. The summed E-state index contributed by atoms with van der Waals surface area (Å²) >= 11 is 0. The molecule has 21 nitrogen and oxygen atoms in total. The second-order valence-corrected chi connectivity index (χ2v) is 11.9. The van der Waals surface area contributed by atoms with E-state index in [1.807, 2.05) is 0 Å². The number of pyridine rings is 1. The molecule has 2 aliphatic heterocycles. The van der Waals surface area contributed by atoms with Crippen LogP contribution in [0.5, 0.6) is 0 Å². The van der Waals surface area contributed by atoms with Gasteiger partial charge in [0.25, 0.3) is 21.6 Å². The number of nitrogens with zero attached hydrogens (tertiary/aromatic N) is 3. The lowest BCUT2D eigenvalue weighted by molar-refractivity contribution is -0.370. The molecular formula is C18H20N7O14P3-3. The molecule has 229 valence electrons. The Bertz CT molecular complexity index is 1470. The lowest BCUT2D eigenvalue weighted by atomic mass is 10.2. The molecule has 6 atom stereocenters. The number of nitrogens with one attached hydrogen (secondary N) is 2. The first-order valence-corrected chi connectivity index (χ1v) is 15.3. The summed E-state index contributed by atoms with van der Waals surface area (Å²) in [6.45, 7) is 3.56. The number of amides is 1. The number of hydrogen-bond acceptors (Lipinski definition) is 19. The van der Waals surface area contributed by atoms with Gasteiger partial charge >= 0.3 is 7.82 Å². The van der Waals surface area contributed by atoms with E-state index in [1.165, 1.54) is 29.4 Å². The van der Waals surface area contributed by atoms with E-state index in [2.05, 4.69) is 57.3 Å². The van der Waals surface area contributed by atoms with E-state index in [0.717, 1.165) is 6.42 Å². The van der Waals surface area contributed by atoms with Crippen LogP contribution in [-0.2, 0) is 36.6 Å². The quantitative estimate of drug-likeness (QED) is 0.0450. The largest absolute Gasteiger partial charge is 0.756 e. The van der Waals surface area contributed by atoms with E-state index in [-0.39, 0.29) is 29.3 Å². The van der Waals surface area contributed by atoms with E-state index in [0.29, 0.717) is 5.82 Å². The summed E-state index contributed by atoms with van der Waals surface area (Å²) in [5.41, 5.74) is 8.58. The van der Waals surface area contributed by atoms with Crippen molar-refractivity contribution in [3.63, 3.8) is 0 Å². The number of rotatable bonds is 11. The number of hydrazine groups is 1. The Hall–Kier alpha value is -3.02. The predicted molar refractivity (Wildman–Crippen MR) is 131 cm³/mol. The fraction of sp³-hybridized carbons (Fsp3) is 0.222. The molecule has 0 aromatic carbocycles.